The van der Waals surface area contributed by atoms with Gasteiger partial charge in [-0.05, 0) is 54.4 Å². The lowest BCUT2D eigenvalue weighted by molar-refractivity contribution is 0.133. The minimum Gasteiger partial charge on any atom is -0.411 e. The molecule has 1 atom stereocenters. The molecule has 2 rings (SSSR count). The molecule has 1 heterocycles. The number of rotatable bonds is 5. The Labute approximate surface area is 147 Å². The highest BCUT2D eigenvalue weighted by Crippen LogP contribution is 2.38. The molecule has 24 heavy (non-hydrogen) atoms. The van der Waals surface area contributed by atoms with E-state index in [0.29, 0.717) is 6.61 Å². The Morgan fingerprint density at radius 3 is 2.58 bits per heavy atom. The largest absolute Gasteiger partial charge is 0.411 e. The van der Waals surface area contributed by atoms with Crippen LogP contribution < -0.4 is 0 Å². The molecule has 0 aliphatic heterocycles. The Kier molecular flexibility index (Phi) is 5.67. The van der Waals surface area contributed by atoms with Crippen LogP contribution >= 0.6 is 0 Å². The minimum absolute atomic E-state index is 0.00650. The average molecular weight is 349 g/mol. The SMILES string of the molecule is CC(C)(C)[Si](C)(C)OCc1ccnc(C2=CC[C@](C)(CO)CC2)n1. The maximum absolute atomic E-state index is 9.49. The van der Waals surface area contributed by atoms with Crippen molar-refractivity contribution < 1.29 is 9.53 Å². The molecule has 5 heteroatoms. The first-order chi connectivity index (χ1) is 11.1. The highest BCUT2D eigenvalue weighted by molar-refractivity contribution is 6.74. The van der Waals surface area contributed by atoms with Crippen LogP contribution in [0.2, 0.25) is 18.1 Å². The number of aromatic nitrogens is 2. The zero-order valence-corrected chi connectivity index (χ0v) is 17.0. The summed E-state index contributed by atoms with van der Waals surface area (Å²) in [5.41, 5.74) is 2.14. The molecule has 0 unspecified atom stereocenters. The molecule has 0 fully saturated rings. The third-order valence-electron chi connectivity index (χ3n) is 5.61. The normalized spacial score (nSPS) is 22.4. The smallest absolute Gasteiger partial charge is 0.192 e. The van der Waals surface area contributed by atoms with Crippen molar-refractivity contribution in [2.45, 2.75) is 71.7 Å². The molecule has 1 N–H and O–H groups in total. The van der Waals surface area contributed by atoms with Crippen LogP contribution in [0.25, 0.3) is 5.57 Å². The molecular formula is C19H32N2O2Si. The van der Waals surface area contributed by atoms with E-state index in [4.69, 9.17) is 9.41 Å². The van der Waals surface area contributed by atoms with E-state index in [1.165, 1.54) is 5.57 Å². The lowest BCUT2D eigenvalue weighted by Crippen LogP contribution is -2.40. The van der Waals surface area contributed by atoms with Crippen molar-refractivity contribution in [3.8, 4) is 0 Å². The van der Waals surface area contributed by atoms with E-state index >= 15 is 0 Å². The molecule has 0 radical (unpaired) electrons. The van der Waals surface area contributed by atoms with Crippen LogP contribution in [0.4, 0.5) is 0 Å². The van der Waals surface area contributed by atoms with Crippen LogP contribution in [-0.2, 0) is 11.0 Å². The number of aliphatic hydroxyl groups is 1. The van der Waals surface area contributed by atoms with Crippen molar-refractivity contribution in [1.29, 1.82) is 0 Å². The topological polar surface area (TPSA) is 55.2 Å². The average Bonchev–Trinajstić information content (AvgIpc) is 2.53. The summed E-state index contributed by atoms with van der Waals surface area (Å²) in [4.78, 5) is 9.15. The van der Waals surface area contributed by atoms with Crippen LogP contribution in [0.3, 0.4) is 0 Å². The zero-order valence-electron chi connectivity index (χ0n) is 16.0. The molecule has 0 saturated heterocycles. The molecule has 0 saturated carbocycles. The second-order valence-corrected chi connectivity index (χ2v) is 13.6. The number of hydrogen-bond acceptors (Lipinski definition) is 4. The number of hydrogen-bond donors (Lipinski definition) is 1. The Balaban J connectivity index is 2.08. The summed E-state index contributed by atoms with van der Waals surface area (Å²) in [5, 5.41) is 9.69. The van der Waals surface area contributed by atoms with E-state index in [0.717, 1.165) is 30.8 Å². The summed E-state index contributed by atoms with van der Waals surface area (Å²) in [5.74, 6) is 0.811. The molecule has 0 bridgehead atoms. The van der Waals surface area contributed by atoms with Crippen molar-refractivity contribution in [1.82, 2.24) is 9.97 Å². The van der Waals surface area contributed by atoms with E-state index in [2.05, 4.69) is 51.8 Å². The predicted molar refractivity (Wildman–Crippen MR) is 101 cm³/mol. The molecule has 1 aliphatic rings. The van der Waals surface area contributed by atoms with E-state index in [1.54, 1.807) is 0 Å². The van der Waals surface area contributed by atoms with Crippen molar-refractivity contribution in [3.05, 3.63) is 29.9 Å². The number of nitrogens with zero attached hydrogens (tertiary/aromatic N) is 2. The van der Waals surface area contributed by atoms with Gasteiger partial charge in [-0.2, -0.15) is 0 Å². The lowest BCUT2D eigenvalue weighted by atomic mass is 9.77. The van der Waals surface area contributed by atoms with Gasteiger partial charge in [0.25, 0.3) is 0 Å². The van der Waals surface area contributed by atoms with Crippen LogP contribution in [0.1, 0.15) is 58.5 Å². The maximum atomic E-state index is 9.49. The van der Waals surface area contributed by atoms with Crippen LogP contribution in [0, 0.1) is 5.41 Å². The van der Waals surface area contributed by atoms with Crippen molar-refractivity contribution >= 4 is 13.9 Å². The summed E-state index contributed by atoms with van der Waals surface area (Å²) >= 11 is 0. The van der Waals surface area contributed by atoms with Gasteiger partial charge in [0.1, 0.15) is 0 Å². The Morgan fingerprint density at radius 1 is 1.33 bits per heavy atom. The van der Waals surface area contributed by atoms with E-state index in [1.807, 2.05) is 12.3 Å². The highest BCUT2D eigenvalue weighted by atomic mass is 28.4. The van der Waals surface area contributed by atoms with Gasteiger partial charge in [-0.25, -0.2) is 9.97 Å². The van der Waals surface area contributed by atoms with Gasteiger partial charge in [0.05, 0.1) is 12.3 Å². The zero-order chi connectivity index (χ0) is 18.0. The summed E-state index contributed by atoms with van der Waals surface area (Å²) in [6.45, 7) is 14.2. The Bertz CT molecular complexity index is 608. The van der Waals surface area contributed by atoms with Crippen molar-refractivity contribution in [3.63, 3.8) is 0 Å². The van der Waals surface area contributed by atoms with Gasteiger partial charge in [0.15, 0.2) is 14.1 Å². The Morgan fingerprint density at radius 2 is 2.04 bits per heavy atom. The fraction of sp³-hybridized carbons (Fsp3) is 0.684. The first-order valence-corrected chi connectivity index (χ1v) is 11.7. The number of aliphatic hydroxyl groups excluding tert-OH is 1. The van der Waals surface area contributed by atoms with Gasteiger partial charge in [0.2, 0.25) is 0 Å². The molecule has 0 spiro atoms. The maximum Gasteiger partial charge on any atom is 0.192 e. The Hall–Kier alpha value is -1.04. The first-order valence-electron chi connectivity index (χ1n) is 8.82. The van der Waals surface area contributed by atoms with Crippen molar-refractivity contribution in [2.24, 2.45) is 5.41 Å². The van der Waals surface area contributed by atoms with E-state index in [-0.39, 0.29) is 17.1 Å². The molecule has 0 aromatic carbocycles. The van der Waals surface area contributed by atoms with Gasteiger partial charge in [0, 0.05) is 12.8 Å². The highest BCUT2D eigenvalue weighted by Gasteiger charge is 2.37. The van der Waals surface area contributed by atoms with Crippen LogP contribution in [-0.4, -0.2) is 30.0 Å². The van der Waals surface area contributed by atoms with Crippen molar-refractivity contribution in [2.75, 3.05) is 6.61 Å². The summed E-state index contributed by atoms with van der Waals surface area (Å²) in [7, 11) is -1.77. The third-order valence-corrected chi connectivity index (χ3v) is 10.1. The van der Waals surface area contributed by atoms with Gasteiger partial charge in [-0.3, -0.25) is 0 Å². The molecule has 134 valence electrons. The summed E-state index contributed by atoms with van der Waals surface area (Å²) < 4.78 is 6.27. The van der Waals surface area contributed by atoms with E-state index in [9.17, 15) is 5.11 Å². The quantitative estimate of drug-likeness (QED) is 0.792. The van der Waals surface area contributed by atoms with Gasteiger partial charge < -0.3 is 9.53 Å². The predicted octanol–water partition coefficient (Wildman–Crippen LogP) is 4.56. The second-order valence-electron chi connectivity index (χ2n) is 8.82. The standard InChI is InChI=1S/C19H32N2O2Si/c1-18(2,3)24(5,6)23-13-16-9-12-20-17(21-16)15-7-10-19(4,14-22)11-8-15/h7,9,12,22H,8,10-11,13-14H2,1-6H3/t19-/m0/s1. The molecule has 1 aromatic rings. The fourth-order valence-corrected chi connectivity index (χ4v) is 3.40. The summed E-state index contributed by atoms with van der Waals surface area (Å²) in [6, 6.07) is 1.94. The molecule has 1 aliphatic carbocycles. The minimum atomic E-state index is -1.77. The second kappa shape index (κ2) is 7.06. The van der Waals surface area contributed by atoms with Crippen LogP contribution in [0.15, 0.2) is 18.3 Å². The molecular weight excluding hydrogens is 316 g/mol. The lowest BCUT2D eigenvalue weighted by Gasteiger charge is -2.36. The fourth-order valence-electron chi connectivity index (χ4n) is 2.46. The first kappa shape index (κ1) is 19.3. The van der Waals surface area contributed by atoms with Gasteiger partial charge in [-0.15, -0.1) is 0 Å². The van der Waals surface area contributed by atoms with Gasteiger partial charge >= 0.3 is 0 Å². The third kappa shape index (κ3) is 4.52. The van der Waals surface area contributed by atoms with Crippen LogP contribution in [0.5, 0.6) is 0 Å². The molecule has 0 amide bonds. The van der Waals surface area contributed by atoms with Gasteiger partial charge in [-0.1, -0.05) is 33.8 Å². The van der Waals surface area contributed by atoms with E-state index < -0.39 is 8.32 Å². The summed E-state index contributed by atoms with van der Waals surface area (Å²) in [6.07, 6.45) is 6.79. The number of allylic oxidation sites excluding steroid dienone is 2. The molecule has 1 aromatic heterocycles. The molecule has 4 nitrogen and oxygen atoms in total. The monoisotopic (exact) mass is 348 g/mol.